The molecule has 0 fully saturated rings. The molecule has 3 aromatic rings. The Balaban J connectivity index is 1.91. The van der Waals surface area contributed by atoms with Crippen molar-refractivity contribution < 1.29 is 9.21 Å². The second-order valence-electron chi connectivity index (χ2n) is 10.1. The lowest BCUT2D eigenvalue weighted by atomic mass is 9.86. The van der Waals surface area contributed by atoms with Crippen LogP contribution in [0.1, 0.15) is 91.4 Å². The van der Waals surface area contributed by atoms with Crippen molar-refractivity contribution in [2.24, 2.45) is 0 Å². The summed E-state index contributed by atoms with van der Waals surface area (Å²) in [5.41, 5.74) is 5.01. The van der Waals surface area contributed by atoms with Gasteiger partial charge in [-0.25, -0.2) is 0 Å². The number of carbonyl (C=O) groups excluding carboxylic acids is 1. The largest absolute Gasteiger partial charge is 0.450 e. The van der Waals surface area contributed by atoms with Crippen molar-refractivity contribution in [3.8, 4) is 0 Å². The molecule has 0 radical (unpaired) electrons. The van der Waals surface area contributed by atoms with Crippen LogP contribution in [0.25, 0.3) is 11.0 Å². The molecule has 1 unspecified atom stereocenters. The van der Waals surface area contributed by atoms with E-state index < -0.39 is 6.04 Å². The van der Waals surface area contributed by atoms with Crippen LogP contribution in [0.5, 0.6) is 0 Å². The fraction of sp³-hybridized carbons (Fsp3) is 0.429. The van der Waals surface area contributed by atoms with Crippen LogP contribution in [0.4, 0.5) is 0 Å². The SMILES string of the molecule is CCCCCN1C(=O)c2oc3c(C)cc(C)cc3c(=O)c2C1c1ccc(C(C)(C)C)cc1. The lowest BCUT2D eigenvalue weighted by Gasteiger charge is -2.26. The van der Waals surface area contributed by atoms with Crippen molar-refractivity contribution in [3.05, 3.63) is 80.2 Å². The van der Waals surface area contributed by atoms with E-state index in [0.717, 1.165) is 36.0 Å². The Kier molecular flexibility index (Phi) is 5.74. The molecule has 1 aliphatic rings. The first-order valence-electron chi connectivity index (χ1n) is 11.6. The highest BCUT2D eigenvalue weighted by molar-refractivity contribution is 5.99. The van der Waals surface area contributed by atoms with Gasteiger partial charge in [0.1, 0.15) is 5.58 Å². The molecule has 4 nitrogen and oxygen atoms in total. The molecular weight excluding hydrogens is 398 g/mol. The minimum atomic E-state index is -0.412. The average molecular weight is 432 g/mol. The third-order valence-corrected chi connectivity index (χ3v) is 6.49. The lowest BCUT2D eigenvalue weighted by molar-refractivity contribution is 0.0724. The van der Waals surface area contributed by atoms with Crippen LogP contribution in [-0.2, 0) is 5.41 Å². The predicted molar refractivity (Wildman–Crippen MR) is 130 cm³/mol. The molecule has 1 aromatic heterocycles. The maximum Gasteiger partial charge on any atom is 0.290 e. The molecule has 2 aromatic carbocycles. The number of aryl methyl sites for hydroxylation is 2. The van der Waals surface area contributed by atoms with Crippen LogP contribution < -0.4 is 5.43 Å². The van der Waals surface area contributed by atoms with E-state index in [-0.39, 0.29) is 22.5 Å². The quantitative estimate of drug-likeness (QED) is 0.437. The lowest BCUT2D eigenvalue weighted by Crippen LogP contribution is -2.30. The maximum absolute atomic E-state index is 13.7. The highest BCUT2D eigenvalue weighted by Crippen LogP contribution is 2.39. The number of fused-ring (bicyclic) bond motifs is 2. The van der Waals surface area contributed by atoms with Gasteiger partial charge in [0.2, 0.25) is 5.76 Å². The molecular formula is C28H33NO3. The van der Waals surface area contributed by atoms with E-state index in [9.17, 15) is 9.59 Å². The Hall–Kier alpha value is -2.88. The molecule has 0 N–H and O–H groups in total. The highest BCUT2D eigenvalue weighted by Gasteiger charge is 2.42. The second kappa shape index (κ2) is 8.23. The summed E-state index contributed by atoms with van der Waals surface area (Å²) in [5.74, 6) is 0.0239. The first-order chi connectivity index (χ1) is 15.1. The van der Waals surface area contributed by atoms with E-state index in [0.29, 0.717) is 23.1 Å². The molecule has 2 heterocycles. The number of nitrogens with zero attached hydrogens (tertiary/aromatic N) is 1. The summed E-state index contributed by atoms with van der Waals surface area (Å²) < 4.78 is 6.16. The van der Waals surface area contributed by atoms with E-state index in [2.05, 4.69) is 52.0 Å². The van der Waals surface area contributed by atoms with Crippen LogP contribution >= 0.6 is 0 Å². The van der Waals surface area contributed by atoms with E-state index in [1.54, 1.807) is 0 Å². The molecule has 4 heteroatoms. The van der Waals surface area contributed by atoms with Crippen molar-refractivity contribution in [2.75, 3.05) is 6.54 Å². The van der Waals surface area contributed by atoms with Crippen LogP contribution in [-0.4, -0.2) is 17.4 Å². The van der Waals surface area contributed by atoms with Crippen molar-refractivity contribution in [1.29, 1.82) is 0 Å². The molecule has 0 saturated heterocycles. The number of unbranched alkanes of at least 4 members (excludes halogenated alkanes) is 2. The molecule has 0 spiro atoms. The third kappa shape index (κ3) is 3.76. The van der Waals surface area contributed by atoms with Gasteiger partial charge in [-0.1, -0.05) is 70.9 Å². The summed E-state index contributed by atoms with van der Waals surface area (Å²) in [6.07, 6.45) is 3.01. The molecule has 1 atom stereocenters. The highest BCUT2D eigenvalue weighted by atomic mass is 16.3. The number of rotatable bonds is 5. The van der Waals surface area contributed by atoms with Gasteiger partial charge in [-0.2, -0.15) is 0 Å². The van der Waals surface area contributed by atoms with E-state index in [1.165, 1.54) is 5.56 Å². The van der Waals surface area contributed by atoms with Crippen molar-refractivity contribution in [2.45, 2.75) is 72.3 Å². The number of hydrogen-bond donors (Lipinski definition) is 0. The van der Waals surface area contributed by atoms with Gasteiger partial charge >= 0.3 is 0 Å². The fourth-order valence-electron chi connectivity index (χ4n) is 4.75. The van der Waals surface area contributed by atoms with Crippen LogP contribution in [0.15, 0.2) is 45.6 Å². The number of hydrogen-bond acceptors (Lipinski definition) is 3. The van der Waals surface area contributed by atoms with E-state index >= 15 is 0 Å². The van der Waals surface area contributed by atoms with Gasteiger partial charge in [-0.05, 0) is 54.0 Å². The molecule has 168 valence electrons. The minimum Gasteiger partial charge on any atom is -0.450 e. The summed E-state index contributed by atoms with van der Waals surface area (Å²) in [4.78, 5) is 29.0. The maximum atomic E-state index is 13.7. The second-order valence-corrected chi connectivity index (χ2v) is 10.1. The molecule has 32 heavy (non-hydrogen) atoms. The molecule has 4 rings (SSSR count). The summed E-state index contributed by atoms with van der Waals surface area (Å²) in [5, 5.41) is 0.556. The van der Waals surface area contributed by atoms with E-state index in [1.807, 2.05) is 30.9 Å². The first kappa shape index (κ1) is 22.3. The summed E-state index contributed by atoms with van der Waals surface area (Å²) in [7, 11) is 0. The number of benzene rings is 2. The van der Waals surface area contributed by atoms with Gasteiger partial charge in [0.25, 0.3) is 5.91 Å². The number of amides is 1. The molecule has 0 saturated carbocycles. The zero-order valence-electron chi connectivity index (χ0n) is 20.0. The monoisotopic (exact) mass is 431 g/mol. The Labute approximate surface area is 190 Å². The van der Waals surface area contributed by atoms with Gasteiger partial charge < -0.3 is 9.32 Å². The smallest absolute Gasteiger partial charge is 0.290 e. The number of carbonyl (C=O) groups is 1. The Morgan fingerprint density at radius 3 is 2.31 bits per heavy atom. The molecule has 1 amide bonds. The predicted octanol–water partition coefficient (Wildman–Crippen LogP) is 6.44. The van der Waals surface area contributed by atoms with Gasteiger partial charge in [-0.3, -0.25) is 9.59 Å². The van der Waals surface area contributed by atoms with Crippen LogP contribution in [0.3, 0.4) is 0 Å². The van der Waals surface area contributed by atoms with Crippen LogP contribution in [0.2, 0.25) is 0 Å². The van der Waals surface area contributed by atoms with Gasteiger partial charge in [0.05, 0.1) is 17.0 Å². The topological polar surface area (TPSA) is 50.5 Å². The summed E-state index contributed by atoms with van der Waals surface area (Å²) in [6.45, 7) is 13.2. The Morgan fingerprint density at radius 2 is 1.69 bits per heavy atom. The van der Waals surface area contributed by atoms with Gasteiger partial charge in [-0.15, -0.1) is 0 Å². The zero-order chi connectivity index (χ0) is 23.2. The molecule has 0 aliphatic carbocycles. The molecule has 0 bridgehead atoms. The fourth-order valence-corrected chi connectivity index (χ4v) is 4.75. The van der Waals surface area contributed by atoms with E-state index in [4.69, 9.17) is 4.42 Å². The van der Waals surface area contributed by atoms with Crippen molar-refractivity contribution in [3.63, 3.8) is 0 Å². The normalized spacial score (nSPS) is 16.1. The average Bonchev–Trinajstić information content (AvgIpc) is 3.01. The summed E-state index contributed by atoms with van der Waals surface area (Å²) in [6, 6.07) is 11.8. The van der Waals surface area contributed by atoms with Crippen molar-refractivity contribution >= 4 is 16.9 Å². The standard InChI is InChI=1S/C28H33NO3/c1-7-8-9-14-29-23(19-10-12-20(13-11-19)28(4,5)6)22-24(30)21-16-17(2)15-18(3)25(21)32-26(22)27(29)31/h10-13,15-16,23H,7-9,14H2,1-6H3. The van der Waals surface area contributed by atoms with Gasteiger partial charge in [0.15, 0.2) is 5.43 Å². The first-order valence-corrected chi connectivity index (χ1v) is 11.6. The minimum absolute atomic E-state index is 0.0348. The zero-order valence-corrected chi connectivity index (χ0v) is 20.0. The third-order valence-electron chi connectivity index (χ3n) is 6.49. The van der Waals surface area contributed by atoms with Crippen molar-refractivity contribution in [1.82, 2.24) is 4.90 Å². The van der Waals surface area contributed by atoms with Crippen LogP contribution in [0, 0.1) is 13.8 Å². The molecule has 1 aliphatic heterocycles. The Bertz CT molecular complexity index is 1230. The Morgan fingerprint density at radius 1 is 1.00 bits per heavy atom. The van der Waals surface area contributed by atoms with Gasteiger partial charge in [0, 0.05) is 6.54 Å². The summed E-state index contributed by atoms with van der Waals surface area (Å²) >= 11 is 0.